The first-order valence-electron chi connectivity index (χ1n) is 4.34. The van der Waals surface area contributed by atoms with Crippen LogP contribution in [0.1, 0.15) is 27.7 Å². The van der Waals surface area contributed by atoms with E-state index in [0.717, 1.165) is 5.03 Å². The lowest BCUT2D eigenvalue weighted by Gasteiger charge is -2.12. The molecule has 0 fully saturated rings. The Balaban J connectivity index is 0.000000561. The summed E-state index contributed by atoms with van der Waals surface area (Å²) < 4.78 is 0. The molecule has 1 aliphatic rings. The molecule has 0 unspecified atom stereocenters. The van der Waals surface area contributed by atoms with Crippen LogP contribution in [0, 0.1) is 5.41 Å². The van der Waals surface area contributed by atoms with Gasteiger partial charge in [0.05, 0.1) is 0 Å². The molecule has 0 spiro atoms. The number of hydrogen-bond acceptors (Lipinski definition) is 0. The first kappa shape index (κ1) is 11.5. The van der Waals surface area contributed by atoms with Gasteiger partial charge in [0.25, 0.3) is 0 Å². The summed E-state index contributed by atoms with van der Waals surface area (Å²) >= 11 is 5.84. The monoisotopic (exact) mass is 184 g/mol. The van der Waals surface area contributed by atoms with Gasteiger partial charge in [-0.25, -0.2) is 0 Å². The Hall–Kier alpha value is -0.490. The van der Waals surface area contributed by atoms with Gasteiger partial charge in [-0.05, 0) is 6.08 Å². The third-order valence-corrected chi connectivity index (χ3v) is 1.64. The van der Waals surface area contributed by atoms with E-state index in [4.69, 9.17) is 11.6 Å². The van der Waals surface area contributed by atoms with Gasteiger partial charge in [0, 0.05) is 10.4 Å². The zero-order valence-corrected chi connectivity index (χ0v) is 9.02. The molecule has 12 heavy (non-hydrogen) atoms. The molecule has 0 atom stereocenters. The predicted octanol–water partition coefficient (Wildman–Crippen LogP) is 4.29. The van der Waals surface area contributed by atoms with E-state index in [-0.39, 0.29) is 5.41 Å². The maximum atomic E-state index is 5.84. The maximum Gasteiger partial charge on any atom is 0.0374 e. The fraction of sp³-hybridized carbons (Fsp3) is 0.455. The van der Waals surface area contributed by atoms with Crippen LogP contribution in [-0.4, -0.2) is 0 Å². The first-order valence-corrected chi connectivity index (χ1v) is 4.72. The van der Waals surface area contributed by atoms with E-state index in [1.54, 1.807) is 0 Å². The summed E-state index contributed by atoms with van der Waals surface area (Å²) in [4.78, 5) is 0. The molecule has 1 aliphatic carbocycles. The van der Waals surface area contributed by atoms with E-state index in [1.165, 1.54) is 0 Å². The molecular weight excluding hydrogens is 168 g/mol. The van der Waals surface area contributed by atoms with Gasteiger partial charge in [-0.2, -0.15) is 0 Å². The maximum absolute atomic E-state index is 5.84. The second-order valence-corrected chi connectivity index (χ2v) is 3.51. The quantitative estimate of drug-likeness (QED) is 0.527. The van der Waals surface area contributed by atoms with Crippen molar-refractivity contribution in [3.8, 4) is 0 Å². The highest BCUT2D eigenvalue weighted by molar-refractivity contribution is 6.31. The van der Waals surface area contributed by atoms with Gasteiger partial charge in [-0.1, -0.05) is 63.6 Å². The van der Waals surface area contributed by atoms with Crippen LogP contribution in [0.15, 0.2) is 35.4 Å². The highest BCUT2D eigenvalue weighted by Crippen LogP contribution is 2.25. The molecule has 0 saturated heterocycles. The Kier molecular flexibility index (Phi) is 5.00. The molecule has 68 valence electrons. The molecular formula is C11H17Cl. The van der Waals surface area contributed by atoms with Crippen LogP contribution in [0.25, 0.3) is 0 Å². The molecule has 0 amide bonds. The zero-order chi connectivity index (χ0) is 9.61. The average molecular weight is 185 g/mol. The van der Waals surface area contributed by atoms with Crippen molar-refractivity contribution >= 4 is 11.6 Å². The standard InChI is InChI=1S/C9H11Cl.C2H6/c1-9(2)6-4-3-5-8(10)7-9;1-2/h3-7H,1-2H3;1-2H3. The van der Waals surface area contributed by atoms with Crippen LogP contribution in [0.2, 0.25) is 0 Å². The fourth-order valence-electron chi connectivity index (χ4n) is 0.903. The highest BCUT2D eigenvalue weighted by Gasteiger charge is 2.10. The minimum Gasteiger partial charge on any atom is -0.0847 e. The topological polar surface area (TPSA) is 0 Å². The van der Waals surface area contributed by atoms with Crippen LogP contribution < -0.4 is 0 Å². The fourth-order valence-corrected chi connectivity index (χ4v) is 1.26. The van der Waals surface area contributed by atoms with Gasteiger partial charge in [0.1, 0.15) is 0 Å². The Morgan fingerprint density at radius 2 is 1.75 bits per heavy atom. The minimum atomic E-state index is 0.0978. The molecule has 0 aromatic heterocycles. The van der Waals surface area contributed by atoms with Crippen molar-refractivity contribution in [2.45, 2.75) is 27.7 Å². The molecule has 1 rings (SSSR count). The van der Waals surface area contributed by atoms with Crippen LogP contribution in [0.5, 0.6) is 0 Å². The van der Waals surface area contributed by atoms with Crippen molar-refractivity contribution in [2.75, 3.05) is 0 Å². The van der Waals surface area contributed by atoms with Gasteiger partial charge in [-0.15, -0.1) is 0 Å². The Bertz CT molecular complexity index is 207. The van der Waals surface area contributed by atoms with Crippen molar-refractivity contribution < 1.29 is 0 Å². The van der Waals surface area contributed by atoms with Crippen LogP contribution in [0.4, 0.5) is 0 Å². The molecule has 0 heterocycles. The number of hydrogen-bond donors (Lipinski definition) is 0. The summed E-state index contributed by atoms with van der Waals surface area (Å²) in [7, 11) is 0. The summed E-state index contributed by atoms with van der Waals surface area (Å²) in [5, 5.41) is 0.815. The molecule has 0 aromatic rings. The lowest BCUT2D eigenvalue weighted by Crippen LogP contribution is -2.01. The van der Waals surface area contributed by atoms with Crippen LogP contribution in [-0.2, 0) is 0 Å². The Morgan fingerprint density at radius 3 is 2.33 bits per heavy atom. The normalized spacial score (nSPS) is 18.9. The summed E-state index contributed by atoms with van der Waals surface area (Å²) in [5.74, 6) is 0. The number of allylic oxidation sites excluding steroid dienone is 6. The molecule has 0 saturated carbocycles. The average Bonchev–Trinajstić information content (AvgIpc) is 2.14. The highest BCUT2D eigenvalue weighted by atomic mass is 35.5. The number of rotatable bonds is 0. The molecule has 0 aromatic carbocycles. The van der Waals surface area contributed by atoms with E-state index >= 15 is 0 Å². The van der Waals surface area contributed by atoms with Gasteiger partial charge in [0.15, 0.2) is 0 Å². The largest absolute Gasteiger partial charge is 0.0847 e. The summed E-state index contributed by atoms with van der Waals surface area (Å²) in [6.45, 7) is 8.25. The van der Waals surface area contributed by atoms with Gasteiger partial charge >= 0.3 is 0 Å². The zero-order valence-electron chi connectivity index (χ0n) is 8.26. The van der Waals surface area contributed by atoms with Crippen LogP contribution in [0.3, 0.4) is 0 Å². The first-order chi connectivity index (χ1) is 5.60. The van der Waals surface area contributed by atoms with Crippen molar-refractivity contribution in [3.63, 3.8) is 0 Å². The molecule has 0 radical (unpaired) electrons. The lowest BCUT2D eigenvalue weighted by atomic mass is 9.93. The SMILES string of the molecule is CC.CC1(C)C=CC=CC(Cl)=C1. The second-order valence-electron chi connectivity index (χ2n) is 3.07. The predicted molar refractivity (Wildman–Crippen MR) is 57.3 cm³/mol. The van der Waals surface area contributed by atoms with Crippen molar-refractivity contribution in [1.82, 2.24) is 0 Å². The van der Waals surface area contributed by atoms with E-state index in [1.807, 2.05) is 38.2 Å². The minimum absolute atomic E-state index is 0.0978. The van der Waals surface area contributed by atoms with E-state index in [2.05, 4.69) is 19.9 Å². The Morgan fingerprint density at radius 1 is 1.17 bits per heavy atom. The van der Waals surface area contributed by atoms with Crippen LogP contribution >= 0.6 is 11.6 Å². The summed E-state index contributed by atoms with van der Waals surface area (Å²) in [5.41, 5.74) is 0.0978. The Labute approximate surface area is 80.6 Å². The van der Waals surface area contributed by atoms with Crippen molar-refractivity contribution in [3.05, 3.63) is 35.4 Å². The molecule has 1 heteroatoms. The molecule has 0 bridgehead atoms. The third kappa shape index (κ3) is 4.40. The van der Waals surface area contributed by atoms with Crippen molar-refractivity contribution in [2.24, 2.45) is 5.41 Å². The lowest BCUT2D eigenvalue weighted by molar-refractivity contribution is 0.626. The van der Waals surface area contributed by atoms with Crippen molar-refractivity contribution in [1.29, 1.82) is 0 Å². The summed E-state index contributed by atoms with van der Waals surface area (Å²) in [6.07, 6.45) is 10.0. The van der Waals surface area contributed by atoms with E-state index in [9.17, 15) is 0 Å². The second kappa shape index (κ2) is 5.21. The number of halogens is 1. The third-order valence-electron chi connectivity index (χ3n) is 1.40. The molecule has 0 N–H and O–H groups in total. The summed E-state index contributed by atoms with van der Waals surface area (Å²) in [6, 6.07) is 0. The molecule has 0 nitrogen and oxygen atoms in total. The van der Waals surface area contributed by atoms with E-state index in [0.29, 0.717) is 0 Å². The smallest absolute Gasteiger partial charge is 0.0374 e. The van der Waals surface area contributed by atoms with Gasteiger partial charge in [-0.3, -0.25) is 0 Å². The molecule has 0 aliphatic heterocycles. The van der Waals surface area contributed by atoms with Gasteiger partial charge < -0.3 is 0 Å². The van der Waals surface area contributed by atoms with Gasteiger partial charge in [0.2, 0.25) is 0 Å². The van der Waals surface area contributed by atoms with E-state index < -0.39 is 0 Å².